The zero-order valence-corrected chi connectivity index (χ0v) is 9.91. The number of nitrogens with two attached hydrogens (primary N) is 1. The van der Waals surface area contributed by atoms with Crippen LogP contribution in [0.3, 0.4) is 0 Å². The highest BCUT2D eigenvalue weighted by Gasteiger charge is 2.15. The minimum absolute atomic E-state index is 0.0405. The summed E-state index contributed by atoms with van der Waals surface area (Å²) in [5.74, 6) is -0.448. The van der Waals surface area contributed by atoms with Crippen molar-refractivity contribution in [3.05, 3.63) is 36.0 Å². The van der Waals surface area contributed by atoms with Gasteiger partial charge in [-0.3, -0.25) is 10.1 Å². The number of aromatic amines is 1. The molecule has 0 aliphatic carbocycles. The Kier molecular flexibility index (Phi) is 3.26. The molecule has 0 aromatic carbocycles. The zero-order valence-electron chi connectivity index (χ0n) is 9.09. The van der Waals surface area contributed by atoms with E-state index in [-0.39, 0.29) is 17.3 Å². The second-order valence-electron chi connectivity index (χ2n) is 3.47. The Hall–Kier alpha value is -2.00. The van der Waals surface area contributed by atoms with E-state index < -0.39 is 15.8 Å². The van der Waals surface area contributed by atoms with Gasteiger partial charge >= 0.3 is 0 Å². The third kappa shape index (κ3) is 2.63. The van der Waals surface area contributed by atoms with Crippen LogP contribution in [0.4, 0.5) is 10.2 Å². The number of nitrogens with one attached hydrogen (secondary N) is 2. The van der Waals surface area contributed by atoms with Gasteiger partial charge in [-0.25, -0.2) is 17.5 Å². The fourth-order valence-corrected chi connectivity index (χ4v) is 2.24. The van der Waals surface area contributed by atoms with Gasteiger partial charge in [0.15, 0.2) is 0 Å². The highest BCUT2D eigenvalue weighted by Crippen LogP contribution is 2.11. The number of pyridine rings is 1. The van der Waals surface area contributed by atoms with Gasteiger partial charge in [0, 0.05) is 18.3 Å². The smallest absolute Gasteiger partial charge is 0.242 e. The summed E-state index contributed by atoms with van der Waals surface area (Å²) in [6.07, 6.45) is 3.39. The molecular weight excluding hydrogens is 261 g/mol. The Labute approximate surface area is 102 Å². The molecule has 2 aromatic rings. The van der Waals surface area contributed by atoms with Gasteiger partial charge in [0.25, 0.3) is 0 Å². The van der Waals surface area contributed by atoms with E-state index in [0.29, 0.717) is 5.56 Å². The number of rotatable bonds is 4. The minimum atomic E-state index is -3.83. The van der Waals surface area contributed by atoms with Crippen molar-refractivity contribution in [1.29, 1.82) is 0 Å². The van der Waals surface area contributed by atoms with Crippen LogP contribution < -0.4 is 10.5 Å². The Morgan fingerprint density at radius 3 is 2.78 bits per heavy atom. The number of hydrogen-bond acceptors (Lipinski definition) is 5. The van der Waals surface area contributed by atoms with E-state index in [1.807, 2.05) is 0 Å². The monoisotopic (exact) mass is 271 g/mol. The normalized spacial score (nSPS) is 11.6. The largest absolute Gasteiger partial charge is 0.384 e. The fourth-order valence-electron chi connectivity index (χ4n) is 1.26. The first-order chi connectivity index (χ1) is 8.49. The third-order valence-corrected chi connectivity index (χ3v) is 3.56. The maximum absolute atomic E-state index is 12.9. The maximum atomic E-state index is 12.9. The Morgan fingerprint density at radius 2 is 2.17 bits per heavy atom. The average molecular weight is 271 g/mol. The molecule has 4 N–H and O–H groups in total. The number of anilines is 1. The summed E-state index contributed by atoms with van der Waals surface area (Å²) in [5.41, 5.74) is 6.01. The molecule has 0 fully saturated rings. The number of H-pyrrole nitrogens is 1. The summed E-state index contributed by atoms with van der Waals surface area (Å²) in [6.45, 7) is -0.0405. The SMILES string of the molecule is Nc1[nH]ncc1CNS(=O)(=O)c1cncc(F)c1. The predicted molar refractivity (Wildman–Crippen MR) is 61.2 cm³/mol. The van der Waals surface area contributed by atoms with Gasteiger partial charge in [-0.15, -0.1) is 0 Å². The van der Waals surface area contributed by atoms with Gasteiger partial charge in [-0.1, -0.05) is 0 Å². The van der Waals surface area contributed by atoms with E-state index in [2.05, 4.69) is 19.9 Å². The molecule has 0 spiro atoms. The third-order valence-electron chi connectivity index (χ3n) is 2.19. The maximum Gasteiger partial charge on any atom is 0.242 e. The first kappa shape index (κ1) is 12.5. The van der Waals surface area contributed by atoms with Crippen molar-refractivity contribution in [2.24, 2.45) is 0 Å². The van der Waals surface area contributed by atoms with Crippen molar-refractivity contribution in [2.75, 3.05) is 5.73 Å². The van der Waals surface area contributed by atoms with Crippen molar-refractivity contribution >= 4 is 15.8 Å². The average Bonchev–Trinajstić information content (AvgIpc) is 2.72. The predicted octanol–water partition coefficient (Wildman–Crippen LogP) is 0.00450. The number of sulfonamides is 1. The fraction of sp³-hybridized carbons (Fsp3) is 0.111. The summed E-state index contributed by atoms with van der Waals surface area (Å²) in [4.78, 5) is 3.23. The second kappa shape index (κ2) is 4.70. The van der Waals surface area contributed by atoms with Crippen molar-refractivity contribution < 1.29 is 12.8 Å². The molecule has 9 heteroatoms. The number of nitrogens with zero attached hydrogens (tertiary/aromatic N) is 2. The number of halogens is 1. The number of nitrogen functional groups attached to an aromatic ring is 1. The van der Waals surface area contributed by atoms with Crippen molar-refractivity contribution in [3.63, 3.8) is 0 Å². The van der Waals surface area contributed by atoms with Gasteiger partial charge in [-0.2, -0.15) is 5.10 Å². The van der Waals surface area contributed by atoms with Crippen LogP contribution in [0.2, 0.25) is 0 Å². The van der Waals surface area contributed by atoms with E-state index in [1.165, 1.54) is 6.20 Å². The molecule has 0 atom stereocenters. The molecule has 0 radical (unpaired) electrons. The molecule has 0 unspecified atom stereocenters. The molecular formula is C9H10FN5O2S. The summed E-state index contributed by atoms with van der Waals surface area (Å²) in [6, 6.07) is 0.883. The molecule has 0 amide bonds. The Bertz CT molecular complexity index is 654. The highest BCUT2D eigenvalue weighted by molar-refractivity contribution is 7.89. The van der Waals surface area contributed by atoms with Crippen LogP contribution in [-0.4, -0.2) is 23.6 Å². The lowest BCUT2D eigenvalue weighted by Gasteiger charge is -2.05. The molecule has 0 aliphatic rings. The second-order valence-corrected chi connectivity index (χ2v) is 5.24. The van der Waals surface area contributed by atoms with Crippen LogP contribution in [0.1, 0.15) is 5.56 Å². The molecule has 0 saturated heterocycles. The Morgan fingerprint density at radius 1 is 1.39 bits per heavy atom. The van der Waals surface area contributed by atoms with E-state index in [0.717, 1.165) is 18.5 Å². The quantitative estimate of drug-likeness (QED) is 0.724. The van der Waals surface area contributed by atoms with E-state index >= 15 is 0 Å². The molecule has 2 rings (SSSR count). The van der Waals surface area contributed by atoms with Crippen molar-refractivity contribution in [1.82, 2.24) is 19.9 Å². The zero-order chi connectivity index (χ0) is 13.2. The standard InChI is InChI=1S/C9H10FN5O2S/c10-7-1-8(5-12-4-7)18(16,17)14-3-6-2-13-15-9(6)11/h1-2,4-5,14H,3H2,(H3,11,13,15). The molecule has 7 nitrogen and oxygen atoms in total. The van der Waals surface area contributed by atoms with E-state index in [4.69, 9.17) is 5.73 Å². The summed E-state index contributed by atoms with van der Waals surface area (Å²) in [5, 5.41) is 6.13. The van der Waals surface area contributed by atoms with E-state index in [1.54, 1.807) is 0 Å². The highest BCUT2D eigenvalue weighted by atomic mass is 32.2. The van der Waals surface area contributed by atoms with Gasteiger partial charge in [0.05, 0.1) is 12.4 Å². The van der Waals surface area contributed by atoms with Gasteiger partial charge in [0.1, 0.15) is 16.5 Å². The van der Waals surface area contributed by atoms with Crippen molar-refractivity contribution in [3.8, 4) is 0 Å². The van der Waals surface area contributed by atoms with E-state index in [9.17, 15) is 12.8 Å². The van der Waals surface area contributed by atoms with Gasteiger partial charge in [-0.05, 0) is 6.07 Å². The van der Waals surface area contributed by atoms with Crippen LogP contribution in [0, 0.1) is 5.82 Å². The minimum Gasteiger partial charge on any atom is -0.384 e. The molecule has 96 valence electrons. The topological polar surface area (TPSA) is 114 Å². The molecule has 2 aromatic heterocycles. The summed E-state index contributed by atoms with van der Waals surface area (Å²) < 4.78 is 38.8. The van der Waals surface area contributed by atoms with Crippen LogP contribution in [0.15, 0.2) is 29.6 Å². The first-order valence-electron chi connectivity index (χ1n) is 4.87. The lowest BCUT2D eigenvalue weighted by molar-refractivity contribution is 0.575. The molecule has 0 aliphatic heterocycles. The number of aromatic nitrogens is 3. The summed E-state index contributed by atoms with van der Waals surface area (Å²) >= 11 is 0. The lowest BCUT2D eigenvalue weighted by Crippen LogP contribution is -2.23. The Balaban J connectivity index is 2.16. The molecule has 0 saturated carbocycles. The van der Waals surface area contributed by atoms with Gasteiger partial charge < -0.3 is 5.73 Å². The first-order valence-corrected chi connectivity index (χ1v) is 6.35. The lowest BCUT2D eigenvalue weighted by atomic mass is 10.3. The van der Waals surface area contributed by atoms with Crippen molar-refractivity contribution in [2.45, 2.75) is 11.4 Å². The summed E-state index contributed by atoms with van der Waals surface area (Å²) in [7, 11) is -3.83. The van der Waals surface area contributed by atoms with Gasteiger partial charge in [0.2, 0.25) is 10.0 Å². The number of hydrogen-bond donors (Lipinski definition) is 3. The molecule has 2 heterocycles. The van der Waals surface area contributed by atoms with Crippen LogP contribution in [0.25, 0.3) is 0 Å². The molecule has 18 heavy (non-hydrogen) atoms. The van der Waals surface area contributed by atoms with Crippen LogP contribution in [0.5, 0.6) is 0 Å². The van der Waals surface area contributed by atoms with Crippen LogP contribution >= 0.6 is 0 Å². The van der Waals surface area contributed by atoms with Crippen LogP contribution in [-0.2, 0) is 16.6 Å². The molecule has 0 bridgehead atoms.